The SMILES string of the molecule is NC(N)=NCCC[C@H](NC1=C(O)C(=O)OC1C(O)CO)C(=O)O. The number of nitrogens with two attached hydrogens (primary N) is 2. The van der Waals surface area contributed by atoms with Crippen molar-refractivity contribution < 1.29 is 34.8 Å². The zero-order chi connectivity index (χ0) is 17.6. The van der Waals surface area contributed by atoms with E-state index in [1.54, 1.807) is 0 Å². The number of ether oxygens (including phenoxy) is 1. The zero-order valence-corrected chi connectivity index (χ0v) is 12.2. The summed E-state index contributed by atoms with van der Waals surface area (Å²) in [6.45, 7) is -0.532. The number of hydrogen-bond donors (Lipinski definition) is 7. The van der Waals surface area contributed by atoms with Crippen molar-refractivity contribution >= 4 is 17.9 Å². The summed E-state index contributed by atoms with van der Waals surface area (Å²) in [5.74, 6) is -3.31. The summed E-state index contributed by atoms with van der Waals surface area (Å²) in [4.78, 5) is 26.3. The Balaban J connectivity index is 2.79. The van der Waals surface area contributed by atoms with Crippen LogP contribution in [-0.4, -0.2) is 69.7 Å². The van der Waals surface area contributed by atoms with E-state index in [0.29, 0.717) is 6.42 Å². The van der Waals surface area contributed by atoms with E-state index in [9.17, 15) is 24.9 Å². The number of nitrogens with zero attached hydrogens (tertiary/aromatic N) is 1. The van der Waals surface area contributed by atoms with Gasteiger partial charge >= 0.3 is 11.9 Å². The average Bonchev–Trinajstić information content (AvgIpc) is 2.76. The fraction of sp³-hybridized carbons (Fsp3) is 0.583. The van der Waals surface area contributed by atoms with Crippen LogP contribution < -0.4 is 16.8 Å². The van der Waals surface area contributed by atoms with Crippen LogP contribution in [-0.2, 0) is 14.3 Å². The van der Waals surface area contributed by atoms with Gasteiger partial charge in [-0.05, 0) is 12.8 Å². The second-order valence-corrected chi connectivity index (χ2v) is 4.82. The molecule has 0 radical (unpaired) electrons. The third-order valence-corrected chi connectivity index (χ3v) is 3.08. The van der Waals surface area contributed by atoms with Crippen LogP contribution >= 0.6 is 0 Å². The predicted octanol–water partition coefficient (Wildman–Crippen LogP) is -2.87. The second-order valence-electron chi connectivity index (χ2n) is 4.82. The molecule has 2 unspecified atom stereocenters. The number of aliphatic imine (C=N–C) groups is 1. The highest BCUT2D eigenvalue weighted by atomic mass is 16.6. The van der Waals surface area contributed by atoms with Crippen molar-refractivity contribution in [2.24, 2.45) is 16.5 Å². The highest BCUT2D eigenvalue weighted by Gasteiger charge is 2.40. The molecule has 1 aliphatic heterocycles. The Hall–Kier alpha value is -2.53. The van der Waals surface area contributed by atoms with Crippen molar-refractivity contribution in [2.75, 3.05) is 13.2 Å². The molecule has 1 rings (SSSR count). The average molecular weight is 332 g/mol. The molecule has 0 fully saturated rings. The second kappa shape index (κ2) is 8.19. The predicted molar refractivity (Wildman–Crippen MR) is 77.1 cm³/mol. The van der Waals surface area contributed by atoms with E-state index in [4.69, 9.17) is 21.3 Å². The molecule has 11 heteroatoms. The van der Waals surface area contributed by atoms with E-state index in [0.717, 1.165) is 0 Å². The van der Waals surface area contributed by atoms with Gasteiger partial charge in [0, 0.05) is 6.54 Å². The van der Waals surface area contributed by atoms with Crippen molar-refractivity contribution in [3.8, 4) is 0 Å². The lowest BCUT2D eigenvalue weighted by molar-refractivity contribution is -0.147. The number of aliphatic carboxylic acids is 1. The number of hydrogen-bond acceptors (Lipinski definition) is 8. The minimum atomic E-state index is -1.50. The van der Waals surface area contributed by atoms with Crippen molar-refractivity contribution in [3.63, 3.8) is 0 Å². The first-order valence-electron chi connectivity index (χ1n) is 6.75. The van der Waals surface area contributed by atoms with Gasteiger partial charge in [0.2, 0.25) is 5.76 Å². The Morgan fingerprint density at radius 1 is 1.43 bits per heavy atom. The van der Waals surface area contributed by atoms with Gasteiger partial charge in [0.05, 0.1) is 6.61 Å². The molecule has 0 aromatic rings. The number of carbonyl (C=O) groups is 2. The molecular formula is C12H20N4O7. The molecule has 9 N–H and O–H groups in total. The quantitative estimate of drug-likeness (QED) is 0.0995. The molecule has 0 aromatic heterocycles. The smallest absolute Gasteiger partial charge is 0.376 e. The lowest BCUT2D eigenvalue weighted by Crippen LogP contribution is -2.43. The van der Waals surface area contributed by atoms with Gasteiger partial charge in [-0.25, -0.2) is 9.59 Å². The highest BCUT2D eigenvalue weighted by molar-refractivity contribution is 5.90. The summed E-state index contributed by atoms with van der Waals surface area (Å²) in [5.41, 5.74) is 10.0. The third kappa shape index (κ3) is 5.00. The Morgan fingerprint density at radius 2 is 2.09 bits per heavy atom. The van der Waals surface area contributed by atoms with Crippen LogP contribution in [0.3, 0.4) is 0 Å². The number of nitrogens with one attached hydrogen (secondary N) is 1. The Morgan fingerprint density at radius 3 is 2.61 bits per heavy atom. The van der Waals surface area contributed by atoms with Gasteiger partial charge < -0.3 is 41.9 Å². The standard InChI is InChI=1S/C12H20N4O7/c13-12(14)15-3-1-2-5(10(20)21)16-7-8(19)11(22)23-9(7)6(18)4-17/h5-6,9,16-19H,1-4H2,(H,20,21)(H4,13,14,15)/t5-,6?,9?/m0/s1. The maximum atomic E-state index is 11.3. The van der Waals surface area contributed by atoms with Crippen molar-refractivity contribution in [2.45, 2.75) is 31.1 Å². The van der Waals surface area contributed by atoms with E-state index < -0.39 is 42.6 Å². The molecule has 1 aliphatic rings. The lowest BCUT2D eigenvalue weighted by atomic mass is 10.1. The van der Waals surface area contributed by atoms with Crippen LogP contribution in [0.15, 0.2) is 16.4 Å². The molecule has 23 heavy (non-hydrogen) atoms. The number of aliphatic hydroxyl groups is 3. The van der Waals surface area contributed by atoms with Crippen molar-refractivity contribution in [3.05, 3.63) is 11.5 Å². The number of guanidine groups is 1. The fourth-order valence-corrected chi connectivity index (χ4v) is 1.94. The molecule has 0 amide bonds. The number of aliphatic hydroxyl groups excluding tert-OH is 3. The van der Waals surface area contributed by atoms with Gasteiger partial charge in [0.15, 0.2) is 12.1 Å². The molecule has 11 nitrogen and oxygen atoms in total. The van der Waals surface area contributed by atoms with Gasteiger partial charge in [0.1, 0.15) is 17.8 Å². The first-order valence-corrected chi connectivity index (χ1v) is 6.75. The van der Waals surface area contributed by atoms with Crippen LogP contribution in [0.4, 0.5) is 0 Å². The van der Waals surface area contributed by atoms with E-state index in [2.05, 4.69) is 10.3 Å². The number of cyclic esters (lactones) is 1. The normalized spacial score (nSPS) is 19.9. The molecule has 0 aliphatic carbocycles. The summed E-state index contributed by atoms with van der Waals surface area (Å²) in [6, 6.07) is -1.18. The first kappa shape index (κ1) is 18.5. The third-order valence-electron chi connectivity index (χ3n) is 3.08. The number of carbonyl (C=O) groups excluding carboxylic acids is 1. The topological polar surface area (TPSA) is 201 Å². The summed E-state index contributed by atoms with van der Waals surface area (Å²) < 4.78 is 4.69. The Bertz CT molecular complexity index is 516. The molecule has 130 valence electrons. The van der Waals surface area contributed by atoms with Gasteiger partial charge in [0.25, 0.3) is 0 Å². The van der Waals surface area contributed by atoms with Crippen LogP contribution in [0.5, 0.6) is 0 Å². The van der Waals surface area contributed by atoms with E-state index in [1.165, 1.54) is 0 Å². The van der Waals surface area contributed by atoms with Gasteiger partial charge in [-0.2, -0.15) is 0 Å². The molecule has 0 aromatic carbocycles. The molecule has 0 spiro atoms. The number of rotatable bonds is 9. The van der Waals surface area contributed by atoms with Gasteiger partial charge in [-0.1, -0.05) is 0 Å². The van der Waals surface area contributed by atoms with Crippen molar-refractivity contribution in [1.82, 2.24) is 5.32 Å². The molecule has 0 bridgehead atoms. The van der Waals surface area contributed by atoms with Crippen LogP contribution in [0.2, 0.25) is 0 Å². The van der Waals surface area contributed by atoms with E-state index in [-0.39, 0.29) is 24.6 Å². The summed E-state index contributed by atoms with van der Waals surface area (Å²) in [7, 11) is 0. The van der Waals surface area contributed by atoms with Gasteiger partial charge in [-0.3, -0.25) is 4.99 Å². The van der Waals surface area contributed by atoms with E-state index >= 15 is 0 Å². The van der Waals surface area contributed by atoms with Crippen molar-refractivity contribution in [1.29, 1.82) is 0 Å². The summed E-state index contributed by atoms with van der Waals surface area (Å²) >= 11 is 0. The minimum Gasteiger partial charge on any atom is -0.501 e. The Kier molecular flexibility index (Phi) is 6.60. The molecule has 1 heterocycles. The van der Waals surface area contributed by atoms with Crippen LogP contribution in [0.25, 0.3) is 0 Å². The maximum Gasteiger partial charge on any atom is 0.376 e. The zero-order valence-electron chi connectivity index (χ0n) is 12.2. The summed E-state index contributed by atoms with van der Waals surface area (Å²) in [6.07, 6.45) is -2.47. The molecule has 3 atom stereocenters. The molecule has 0 saturated carbocycles. The number of esters is 1. The first-order chi connectivity index (χ1) is 10.8. The highest BCUT2D eigenvalue weighted by Crippen LogP contribution is 2.22. The largest absolute Gasteiger partial charge is 0.501 e. The van der Waals surface area contributed by atoms with Crippen LogP contribution in [0.1, 0.15) is 12.8 Å². The Labute approximate surface area is 131 Å². The minimum absolute atomic E-state index is 0.0824. The lowest BCUT2D eigenvalue weighted by Gasteiger charge is -2.22. The molecular weight excluding hydrogens is 312 g/mol. The van der Waals surface area contributed by atoms with E-state index in [1.807, 2.05) is 0 Å². The maximum absolute atomic E-state index is 11.3. The molecule has 0 saturated heterocycles. The number of carboxylic acid groups (broad SMARTS) is 1. The number of carboxylic acids is 1. The van der Waals surface area contributed by atoms with Crippen LogP contribution in [0, 0.1) is 0 Å². The summed E-state index contributed by atoms with van der Waals surface area (Å²) in [5, 5.41) is 39.8. The monoisotopic (exact) mass is 332 g/mol. The van der Waals surface area contributed by atoms with Gasteiger partial charge in [-0.15, -0.1) is 0 Å². The fourth-order valence-electron chi connectivity index (χ4n) is 1.94.